The van der Waals surface area contributed by atoms with Gasteiger partial charge in [0.15, 0.2) is 0 Å². The van der Waals surface area contributed by atoms with E-state index in [1.54, 1.807) is 0 Å². The van der Waals surface area contributed by atoms with Gasteiger partial charge in [-0.25, -0.2) is 0 Å². The molecule has 2 rings (SSSR count). The standard InChI is InChI=1S/C18H27NO2/c1-18(2,3)21-13-17(20)19-16-11-9-15(10-12-16)14-7-5-4-6-8-14/h4-8,15-16H,9-13H2,1-3H3,(H,19,20). The van der Waals surface area contributed by atoms with E-state index in [2.05, 4.69) is 35.6 Å². The van der Waals surface area contributed by atoms with Crippen LogP contribution in [0.2, 0.25) is 0 Å². The summed E-state index contributed by atoms with van der Waals surface area (Å²) in [6.45, 7) is 6.05. The van der Waals surface area contributed by atoms with Crippen LogP contribution in [0.5, 0.6) is 0 Å². The fourth-order valence-electron chi connectivity index (χ4n) is 2.85. The highest BCUT2D eigenvalue weighted by Gasteiger charge is 2.23. The zero-order valence-corrected chi connectivity index (χ0v) is 13.4. The van der Waals surface area contributed by atoms with Crippen LogP contribution in [0.4, 0.5) is 0 Å². The molecule has 1 amide bonds. The third kappa shape index (κ3) is 5.50. The van der Waals surface area contributed by atoms with E-state index in [0.717, 1.165) is 25.7 Å². The van der Waals surface area contributed by atoms with E-state index >= 15 is 0 Å². The van der Waals surface area contributed by atoms with Gasteiger partial charge >= 0.3 is 0 Å². The molecule has 1 fully saturated rings. The number of carbonyl (C=O) groups is 1. The molecule has 0 radical (unpaired) electrons. The third-order valence-electron chi connectivity index (χ3n) is 4.00. The maximum absolute atomic E-state index is 11.9. The average Bonchev–Trinajstić information content (AvgIpc) is 2.46. The Kier molecular flexibility index (Phi) is 5.40. The van der Waals surface area contributed by atoms with E-state index in [0.29, 0.717) is 12.0 Å². The van der Waals surface area contributed by atoms with Crippen molar-refractivity contribution in [1.29, 1.82) is 0 Å². The van der Waals surface area contributed by atoms with Crippen molar-refractivity contribution in [2.45, 2.75) is 64.0 Å². The predicted octanol–water partition coefficient (Wildman–Crippen LogP) is 3.64. The van der Waals surface area contributed by atoms with Crippen molar-refractivity contribution in [3.8, 4) is 0 Å². The molecular formula is C18H27NO2. The van der Waals surface area contributed by atoms with Crippen LogP contribution >= 0.6 is 0 Å². The summed E-state index contributed by atoms with van der Waals surface area (Å²) in [5.41, 5.74) is 1.17. The number of hydrogen-bond donors (Lipinski definition) is 1. The monoisotopic (exact) mass is 289 g/mol. The van der Waals surface area contributed by atoms with Gasteiger partial charge in [0.1, 0.15) is 6.61 Å². The molecule has 0 unspecified atom stereocenters. The molecule has 0 aromatic heterocycles. The Hall–Kier alpha value is -1.35. The molecule has 0 heterocycles. The van der Waals surface area contributed by atoms with Crippen molar-refractivity contribution in [3.63, 3.8) is 0 Å². The highest BCUT2D eigenvalue weighted by Crippen LogP contribution is 2.32. The maximum Gasteiger partial charge on any atom is 0.246 e. The van der Waals surface area contributed by atoms with Crippen molar-refractivity contribution in [3.05, 3.63) is 35.9 Å². The van der Waals surface area contributed by atoms with Gasteiger partial charge in [-0.05, 0) is 57.9 Å². The molecule has 1 N–H and O–H groups in total. The fraction of sp³-hybridized carbons (Fsp3) is 0.611. The summed E-state index contributed by atoms with van der Waals surface area (Å²) in [4.78, 5) is 11.9. The van der Waals surface area contributed by atoms with Crippen molar-refractivity contribution in [1.82, 2.24) is 5.32 Å². The highest BCUT2D eigenvalue weighted by molar-refractivity contribution is 5.77. The molecular weight excluding hydrogens is 262 g/mol. The van der Waals surface area contributed by atoms with E-state index in [9.17, 15) is 4.79 Å². The number of amides is 1. The van der Waals surface area contributed by atoms with Crippen LogP contribution in [-0.4, -0.2) is 24.2 Å². The molecule has 3 nitrogen and oxygen atoms in total. The first kappa shape index (κ1) is 16.0. The van der Waals surface area contributed by atoms with Crippen molar-refractivity contribution >= 4 is 5.91 Å². The zero-order valence-electron chi connectivity index (χ0n) is 13.4. The van der Waals surface area contributed by atoms with Gasteiger partial charge in [-0.1, -0.05) is 30.3 Å². The van der Waals surface area contributed by atoms with Gasteiger partial charge in [0.05, 0.1) is 5.60 Å². The van der Waals surface area contributed by atoms with Gasteiger partial charge in [0.25, 0.3) is 0 Å². The van der Waals surface area contributed by atoms with Gasteiger partial charge in [0, 0.05) is 6.04 Å². The topological polar surface area (TPSA) is 38.3 Å². The molecule has 0 atom stereocenters. The highest BCUT2D eigenvalue weighted by atomic mass is 16.5. The average molecular weight is 289 g/mol. The Morgan fingerprint density at radius 1 is 1.14 bits per heavy atom. The molecule has 0 spiro atoms. The van der Waals surface area contributed by atoms with Crippen LogP contribution < -0.4 is 5.32 Å². The van der Waals surface area contributed by atoms with Crippen LogP contribution in [-0.2, 0) is 9.53 Å². The van der Waals surface area contributed by atoms with E-state index in [4.69, 9.17) is 4.74 Å². The van der Waals surface area contributed by atoms with Crippen LogP contribution in [0.15, 0.2) is 30.3 Å². The molecule has 0 bridgehead atoms. The molecule has 1 aliphatic carbocycles. The maximum atomic E-state index is 11.9. The first-order chi connectivity index (χ1) is 9.94. The first-order valence-corrected chi connectivity index (χ1v) is 7.92. The fourth-order valence-corrected chi connectivity index (χ4v) is 2.85. The molecule has 0 aliphatic heterocycles. The summed E-state index contributed by atoms with van der Waals surface area (Å²) in [5, 5.41) is 3.10. The lowest BCUT2D eigenvalue weighted by atomic mass is 9.82. The number of hydrogen-bond acceptors (Lipinski definition) is 2. The van der Waals surface area contributed by atoms with Gasteiger partial charge in [-0.2, -0.15) is 0 Å². The summed E-state index contributed by atoms with van der Waals surface area (Å²) in [6.07, 6.45) is 4.41. The second-order valence-corrected chi connectivity index (χ2v) is 6.93. The third-order valence-corrected chi connectivity index (χ3v) is 4.00. The van der Waals surface area contributed by atoms with E-state index in [-0.39, 0.29) is 18.1 Å². The molecule has 1 aromatic carbocycles. The van der Waals surface area contributed by atoms with Crippen LogP contribution in [0, 0.1) is 0 Å². The Labute approximate surface area is 128 Å². The Morgan fingerprint density at radius 2 is 1.76 bits per heavy atom. The minimum Gasteiger partial charge on any atom is -0.366 e. The second-order valence-electron chi connectivity index (χ2n) is 6.93. The van der Waals surface area contributed by atoms with Gasteiger partial charge < -0.3 is 10.1 Å². The smallest absolute Gasteiger partial charge is 0.246 e. The number of ether oxygens (including phenoxy) is 1. The molecule has 1 aliphatic rings. The SMILES string of the molecule is CC(C)(C)OCC(=O)NC1CCC(c2ccccc2)CC1. The molecule has 0 saturated heterocycles. The molecule has 21 heavy (non-hydrogen) atoms. The Morgan fingerprint density at radius 3 is 2.33 bits per heavy atom. The lowest BCUT2D eigenvalue weighted by Gasteiger charge is -2.29. The first-order valence-electron chi connectivity index (χ1n) is 7.92. The minimum absolute atomic E-state index is 0.00749. The lowest BCUT2D eigenvalue weighted by Crippen LogP contribution is -2.40. The van der Waals surface area contributed by atoms with E-state index < -0.39 is 0 Å². The predicted molar refractivity (Wildman–Crippen MR) is 85.3 cm³/mol. The van der Waals surface area contributed by atoms with Gasteiger partial charge in [-0.3, -0.25) is 4.79 Å². The number of benzene rings is 1. The number of nitrogens with one attached hydrogen (secondary N) is 1. The summed E-state index contributed by atoms with van der Waals surface area (Å²) < 4.78 is 5.51. The van der Waals surface area contributed by atoms with Crippen molar-refractivity contribution in [2.75, 3.05) is 6.61 Å². The van der Waals surface area contributed by atoms with Crippen LogP contribution in [0.1, 0.15) is 57.9 Å². The normalized spacial score (nSPS) is 22.8. The van der Waals surface area contributed by atoms with Crippen LogP contribution in [0.3, 0.4) is 0 Å². The van der Waals surface area contributed by atoms with Gasteiger partial charge in [0.2, 0.25) is 5.91 Å². The Bertz CT molecular complexity index is 442. The summed E-state index contributed by atoms with van der Waals surface area (Å²) in [7, 11) is 0. The Balaban J connectivity index is 1.73. The zero-order chi connectivity index (χ0) is 15.3. The lowest BCUT2D eigenvalue weighted by molar-refractivity contribution is -0.131. The van der Waals surface area contributed by atoms with Gasteiger partial charge in [-0.15, -0.1) is 0 Å². The van der Waals surface area contributed by atoms with Crippen LogP contribution in [0.25, 0.3) is 0 Å². The van der Waals surface area contributed by atoms with Crippen molar-refractivity contribution < 1.29 is 9.53 Å². The number of rotatable bonds is 4. The molecule has 3 heteroatoms. The summed E-state index contributed by atoms with van der Waals surface area (Å²) in [6, 6.07) is 11.0. The second kappa shape index (κ2) is 7.08. The summed E-state index contributed by atoms with van der Waals surface area (Å²) >= 11 is 0. The molecule has 1 aromatic rings. The largest absolute Gasteiger partial charge is 0.366 e. The molecule has 116 valence electrons. The number of carbonyl (C=O) groups excluding carboxylic acids is 1. The summed E-state index contributed by atoms with van der Waals surface area (Å²) in [5.74, 6) is 0.651. The van der Waals surface area contributed by atoms with E-state index in [1.807, 2.05) is 20.8 Å². The van der Waals surface area contributed by atoms with Crippen molar-refractivity contribution in [2.24, 2.45) is 0 Å². The quantitative estimate of drug-likeness (QED) is 0.919. The van der Waals surface area contributed by atoms with E-state index in [1.165, 1.54) is 5.56 Å². The minimum atomic E-state index is -0.262. The molecule has 1 saturated carbocycles.